The van der Waals surface area contributed by atoms with Gasteiger partial charge in [0.05, 0.1) is 10.8 Å². The predicted octanol–water partition coefficient (Wildman–Crippen LogP) is 2.72. The van der Waals surface area contributed by atoms with Crippen LogP contribution < -0.4 is 5.73 Å². The van der Waals surface area contributed by atoms with Crippen molar-refractivity contribution in [3.8, 4) is 0 Å². The van der Waals surface area contributed by atoms with E-state index in [4.69, 9.17) is 5.73 Å². The highest BCUT2D eigenvalue weighted by atomic mass is 32.1. The molecule has 0 fully saturated rings. The molecule has 84 valence electrons. The number of hydrogen-bond acceptors (Lipinski definition) is 3. The Morgan fingerprint density at radius 2 is 2.25 bits per heavy atom. The molecule has 0 aliphatic carbocycles. The van der Waals surface area contributed by atoms with Crippen LogP contribution in [-0.4, -0.2) is 11.1 Å². The van der Waals surface area contributed by atoms with Gasteiger partial charge in [-0.2, -0.15) is 4.99 Å². The quantitative estimate of drug-likeness (QED) is 0.643. The third kappa shape index (κ3) is 2.99. The summed E-state index contributed by atoms with van der Waals surface area (Å²) in [6, 6.07) is 5.27. The summed E-state index contributed by atoms with van der Waals surface area (Å²) in [5.41, 5.74) is 7.37. The maximum Gasteiger partial charge on any atom is 0.249 e. The van der Waals surface area contributed by atoms with E-state index in [1.807, 2.05) is 6.07 Å². The molecule has 0 aliphatic heterocycles. The van der Waals surface area contributed by atoms with E-state index in [0.29, 0.717) is 17.2 Å². The molecule has 16 heavy (non-hydrogen) atoms. The number of isothiocyanates is 1. The Morgan fingerprint density at radius 1 is 1.56 bits per heavy atom. The smallest absolute Gasteiger partial charge is 0.249 e. The minimum atomic E-state index is -0.433. The van der Waals surface area contributed by atoms with Crippen LogP contribution >= 0.6 is 12.2 Å². The molecule has 0 atom stereocenters. The lowest BCUT2D eigenvalue weighted by Gasteiger charge is -2.11. The van der Waals surface area contributed by atoms with Gasteiger partial charge in [-0.15, -0.1) is 0 Å². The molecule has 0 aromatic heterocycles. The van der Waals surface area contributed by atoms with Gasteiger partial charge in [0, 0.05) is 5.56 Å². The maximum absolute atomic E-state index is 11.3. The largest absolute Gasteiger partial charge is 0.366 e. The van der Waals surface area contributed by atoms with Crippen molar-refractivity contribution in [1.82, 2.24) is 0 Å². The van der Waals surface area contributed by atoms with E-state index in [2.05, 4.69) is 36.2 Å². The number of carbonyl (C=O) groups excluding carboxylic acids is 1. The Labute approximate surface area is 100 Å². The molecule has 0 bridgehead atoms. The molecule has 0 saturated carbocycles. The average Bonchev–Trinajstić information content (AvgIpc) is 2.19. The average molecular weight is 234 g/mol. The van der Waals surface area contributed by atoms with Crippen LogP contribution in [-0.2, 0) is 6.42 Å². The summed E-state index contributed by atoms with van der Waals surface area (Å²) < 4.78 is 0. The molecule has 0 aliphatic rings. The summed E-state index contributed by atoms with van der Waals surface area (Å²) >= 11 is 4.58. The van der Waals surface area contributed by atoms with E-state index in [1.165, 1.54) is 0 Å². The van der Waals surface area contributed by atoms with E-state index in [1.54, 1.807) is 12.1 Å². The maximum atomic E-state index is 11.3. The molecule has 1 aromatic rings. The second-order valence-electron chi connectivity index (χ2n) is 3.97. The van der Waals surface area contributed by atoms with Crippen LogP contribution in [0.3, 0.4) is 0 Å². The van der Waals surface area contributed by atoms with Crippen molar-refractivity contribution in [2.75, 3.05) is 0 Å². The Hall–Kier alpha value is -1.51. The van der Waals surface area contributed by atoms with Gasteiger partial charge in [0.2, 0.25) is 5.91 Å². The number of hydrogen-bond donors (Lipinski definition) is 1. The molecule has 3 nitrogen and oxygen atoms in total. The number of carbonyl (C=O) groups is 1. The second kappa shape index (κ2) is 5.54. The lowest BCUT2D eigenvalue weighted by atomic mass is 9.96. The van der Waals surface area contributed by atoms with Crippen molar-refractivity contribution >= 4 is 29.0 Å². The number of nitrogens with two attached hydrogens (primary N) is 1. The van der Waals surface area contributed by atoms with Crippen LogP contribution in [0.15, 0.2) is 23.2 Å². The fraction of sp³-hybridized carbons (Fsp3) is 0.333. The van der Waals surface area contributed by atoms with Crippen LogP contribution in [0.4, 0.5) is 5.69 Å². The van der Waals surface area contributed by atoms with Crippen LogP contribution in [0, 0.1) is 5.92 Å². The molecule has 0 radical (unpaired) electrons. The molecule has 0 spiro atoms. The monoisotopic (exact) mass is 234 g/mol. The minimum absolute atomic E-state index is 0.416. The van der Waals surface area contributed by atoms with Gasteiger partial charge in [-0.25, -0.2) is 0 Å². The molecule has 0 unspecified atom stereocenters. The molecule has 2 N–H and O–H groups in total. The highest BCUT2D eigenvalue weighted by molar-refractivity contribution is 7.78. The van der Waals surface area contributed by atoms with Gasteiger partial charge < -0.3 is 5.73 Å². The van der Waals surface area contributed by atoms with Crippen molar-refractivity contribution in [2.24, 2.45) is 16.6 Å². The van der Waals surface area contributed by atoms with Gasteiger partial charge in [0.25, 0.3) is 0 Å². The standard InChI is InChI=1S/C12H14N2OS/c1-8(2)6-10-9(12(13)15)4-3-5-11(10)14-7-16/h3-5,8H,6H2,1-2H3,(H2,13,15). The van der Waals surface area contributed by atoms with Gasteiger partial charge in [-0.1, -0.05) is 19.9 Å². The highest BCUT2D eigenvalue weighted by Crippen LogP contribution is 2.25. The van der Waals surface area contributed by atoms with Gasteiger partial charge in [-0.05, 0) is 42.3 Å². The van der Waals surface area contributed by atoms with E-state index in [0.717, 1.165) is 12.0 Å². The Morgan fingerprint density at radius 3 is 2.75 bits per heavy atom. The third-order valence-electron chi connectivity index (χ3n) is 2.20. The first-order valence-electron chi connectivity index (χ1n) is 5.05. The molecule has 0 saturated heterocycles. The number of rotatable bonds is 4. The van der Waals surface area contributed by atoms with Crippen molar-refractivity contribution in [3.05, 3.63) is 29.3 Å². The number of benzene rings is 1. The predicted molar refractivity (Wildman–Crippen MR) is 68.2 cm³/mol. The van der Waals surface area contributed by atoms with Crippen LogP contribution in [0.25, 0.3) is 0 Å². The van der Waals surface area contributed by atoms with E-state index in [-0.39, 0.29) is 0 Å². The number of primary amides is 1. The zero-order valence-electron chi connectivity index (χ0n) is 9.36. The minimum Gasteiger partial charge on any atom is -0.366 e. The summed E-state index contributed by atoms with van der Waals surface area (Å²) in [5, 5.41) is 2.32. The molecule has 1 aromatic carbocycles. The molecular formula is C12H14N2OS. The molecule has 1 rings (SSSR count). The van der Waals surface area contributed by atoms with Crippen molar-refractivity contribution in [1.29, 1.82) is 0 Å². The number of thiocarbonyl (C=S) groups is 1. The highest BCUT2D eigenvalue weighted by Gasteiger charge is 2.13. The number of aliphatic imine (C=N–C) groups is 1. The zero-order chi connectivity index (χ0) is 12.1. The number of amides is 1. The summed E-state index contributed by atoms with van der Waals surface area (Å²) in [6.07, 6.45) is 0.745. The molecule has 1 amide bonds. The first kappa shape index (κ1) is 12.6. The van der Waals surface area contributed by atoms with Gasteiger partial charge in [0.1, 0.15) is 0 Å². The van der Waals surface area contributed by atoms with Crippen LogP contribution in [0.2, 0.25) is 0 Å². The SMILES string of the molecule is CC(C)Cc1c(N=C=S)cccc1C(N)=O. The Bertz CT molecular complexity index is 428. The zero-order valence-corrected chi connectivity index (χ0v) is 10.2. The van der Waals surface area contributed by atoms with E-state index in [9.17, 15) is 4.79 Å². The van der Waals surface area contributed by atoms with Crippen LogP contribution in [0.1, 0.15) is 29.8 Å². The van der Waals surface area contributed by atoms with E-state index < -0.39 is 5.91 Å². The Kier molecular flexibility index (Phi) is 4.35. The molecular weight excluding hydrogens is 220 g/mol. The Balaban J connectivity index is 3.33. The second-order valence-corrected chi connectivity index (χ2v) is 4.15. The summed E-state index contributed by atoms with van der Waals surface area (Å²) in [7, 11) is 0. The lowest BCUT2D eigenvalue weighted by Crippen LogP contribution is -2.14. The fourth-order valence-corrected chi connectivity index (χ4v) is 1.68. The molecule has 0 heterocycles. The first-order valence-corrected chi connectivity index (χ1v) is 5.46. The van der Waals surface area contributed by atoms with E-state index >= 15 is 0 Å². The summed E-state index contributed by atoms with van der Waals surface area (Å²) in [5.74, 6) is -0.0170. The van der Waals surface area contributed by atoms with Gasteiger partial charge in [-0.3, -0.25) is 4.79 Å². The fourth-order valence-electron chi connectivity index (χ4n) is 1.58. The van der Waals surface area contributed by atoms with Crippen LogP contribution in [0.5, 0.6) is 0 Å². The molecule has 4 heteroatoms. The van der Waals surface area contributed by atoms with Crippen molar-refractivity contribution in [2.45, 2.75) is 20.3 Å². The van der Waals surface area contributed by atoms with Crippen molar-refractivity contribution in [3.63, 3.8) is 0 Å². The first-order chi connectivity index (χ1) is 7.56. The van der Waals surface area contributed by atoms with Gasteiger partial charge in [0.15, 0.2) is 0 Å². The topological polar surface area (TPSA) is 55.4 Å². The third-order valence-corrected chi connectivity index (χ3v) is 2.29. The summed E-state index contributed by atoms with van der Waals surface area (Å²) in [4.78, 5) is 15.3. The van der Waals surface area contributed by atoms with Gasteiger partial charge >= 0.3 is 0 Å². The normalized spacial score (nSPS) is 9.94. The van der Waals surface area contributed by atoms with Crippen molar-refractivity contribution < 1.29 is 4.79 Å². The lowest BCUT2D eigenvalue weighted by molar-refractivity contribution is 0.0999. The number of nitrogens with zero attached hydrogens (tertiary/aromatic N) is 1. The summed E-state index contributed by atoms with van der Waals surface area (Å²) in [6.45, 7) is 4.14.